The van der Waals surface area contributed by atoms with Crippen LogP contribution in [0.3, 0.4) is 0 Å². The van der Waals surface area contributed by atoms with Gasteiger partial charge in [-0.3, -0.25) is 4.98 Å². The summed E-state index contributed by atoms with van der Waals surface area (Å²) in [5.41, 5.74) is 8.44. The van der Waals surface area contributed by atoms with Crippen molar-refractivity contribution in [3.63, 3.8) is 0 Å². The Morgan fingerprint density at radius 1 is 1.07 bits per heavy atom. The van der Waals surface area contributed by atoms with Crippen molar-refractivity contribution in [2.45, 2.75) is 12.5 Å². The zero-order valence-electron chi connectivity index (χ0n) is 8.51. The first-order chi connectivity index (χ1) is 7.36. The van der Waals surface area contributed by atoms with Gasteiger partial charge in [0.1, 0.15) is 0 Å². The van der Waals surface area contributed by atoms with Gasteiger partial charge in [0.15, 0.2) is 0 Å². The van der Waals surface area contributed by atoms with E-state index in [2.05, 4.69) is 23.2 Å². The van der Waals surface area contributed by atoms with Crippen molar-refractivity contribution in [2.75, 3.05) is 0 Å². The molecule has 0 bridgehead atoms. The van der Waals surface area contributed by atoms with Crippen molar-refractivity contribution in [1.82, 2.24) is 4.98 Å². The van der Waals surface area contributed by atoms with Gasteiger partial charge in [-0.1, -0.05) is 36.4 Å². The standard InChI is InChI=1S/C13H14N2/c14-13(12-6-2-1-3-7-12)9-11-5-4-8-15-10-11/h1-8,10,13H,9,14H2. The molecule has 0 aliphatic carbocycles. The lowest BCUT2D eigenvalue weighted by Crippen LogP contribution is -2.13. The molecule has 0 saturated heterocycles. The zero-order chi connectivity index (χ0) is 10.5. The average molecular weight is 198 g/mol. The van der Waals surface area contributed by atoms with Crippen LogP contribution in [0.25, 0.3) is 0 Å². The number of benzene rings is 1. The molecule has 1 aromatic heterocycles. The van der Waals surface area contributed by atoms with E-state index in [4.69, 9.17) is 5.73 Å². The predicted octanol–water partition coefficient (Wildman–Crippen LogP) is 2.32. The van der Waals surface area contributed by atoms with Crippen LogP contribution in [0, 0.1) is 0 Å². The van der Waals surface area contributed by atoms with Crippen LogP contribution in [-0.2, 0) is 6.42 Å². The van der Waals surface area contributed by atoms with E-state index in [-0.39, 0.29) is 6.04 Å². The van der Waals surface area contributed by atoms with Crippen LogP contribution in [0.1, 0.15) is 17.2 Å². The third-order valence-corrected chi connectivity index (χ3v) is 2.41. The second kappa shape index (κ2) is 4.71. The number of hydrogen-bond donors (Lipinski definition) is 1. The smallest absolute Gasteiger partial charge is 0.0336 e. The molecule has 2 heteroatoms. The summed E-state index contributed by atoms with van der Waals surface area (Å²) < 4.78 is 0. The third kappa shape index (κ3) is 2.64. The van der Waals surface area contributed by atoms with Crippen molar-refractivity contribution in [1.29, 1.82) is 0 Å². The van der Waals surface area contributed by atoms with Gasteiger partial charge in [0.25, 0.3) is 0 Å². The minimum atomic E-state index is 0.0513. The lowest BCUT2D eigenvalue weighted by Gasteiger charge is -2.11. The van der Waals surface area contributed by atoms with Crippen molar-refractivity contribution in [3.05, 3.63) is 66.0 Å². The highest BCUT2D eigenvalue weighted by molar-refractivity contribution is 5.21. The summed E-state index contributed by atoms with van der Waals surface area (Å²) in [7, 11) is 0. The normalized spacial score (nSPS) is 12.3. The predicted molar refractivity (Wildman–Crippen MR) is 61.3 cm³/mol. The highest BCUT2D eigenvalue weighted by Crippen LogP contribution is 2.14. The van der Waals surface area contributed by atoms with E-state index in [1.54, 1.807) is 6.20 Å². The van der Waals surface area contributed by atoms with Gasteiger partial charge in [0.2, 0.25) is 0 Å². The molecule has 2 rings (SSSR count). The molecule has 2 N–H and O–H groups in total. The van der Waals surface area contributed by atoms with E-state index in [1.807, 2.05) is 30.5 Å². The van der Waals surface area contributed by atoms with Gasteiger partial charge in [0.05, 0.1) is 0 Å². The van der Waals surface area contributed by atoms with Gasteiger partial charge < -0.3 is 5.73 Å². The molecule has 2 aromatic rings. The molecule has 15 heavy (non-hydrogen) atoms. The number of nitrogens with two attached hydrogens (primary N) is 1. The maximum Gasteiger partial charge on any atom is 0.0336 e. The summed E-state index contributed by atoms with van der Waals surface area (Å²) >= 11 is 0. The van der Waals surface area contributed by atoms with Crippen LogP contribution in [0.15, 0.2) is 54.9 Å². The molecule has 0 aliphatic heterocycles. The Bertz CT molecular complexity index is 397. The van der Waals surface area contributed by atoms with Gasteiger partial charge in [-0.2, -0.15) is 0 Å². The maximum absolute atomic E-state index is 6.10. The average Bonchev–Trinajstić information content (AvgIpc) is 2.31. The lowest BCUT2D eigenvalue weighted by atomic mass is 10.0. The van der Waals surface area contributed by atoms with Gasteiger partial charge in [-0.05, 0) is 23.6 Å². The van der Waals surface area contributed by atoms with E-state index in [0.717, 1.165) is 6.42 Å². The van der Waals surface area contributed by atoms with E-state index in [9.17, 15) is 0 Å². The quantitative estimate of drug-likeness (QED) is 0.822. The maximum atomic E-state index is 6.10. The molecule has 0 spiro atoms. The van der Waals surface area contributed by atoms with Crippen molar-refractivity contribution < 1.29 is 0 Å². The zero-order valence-corrected chi connectivity index (χ0v) is 8.51. The molecule has 0 radical (unpaired) electrons. The van der Waals surface area contributed by atoms with Crippen LogP contribution in [0.4, 0.5) is 0 Å². The first-order valence-corrected chi connectivity index (χ1v) is 5.05. The largest absolute Gasteiger partial charge is 0.324 e. The minimum absolute atomic E-state index is 0.0513. The molecule has 1 heterocycles. The number of hydrogen-bond acceptors (Lipinski definition) is 2. The minimum Gasteiger partial charge on any atom is -0.324 e. The number of aromatic nitrogens is 1. The fourth-order valence-electron chi connectivity index (χ4n) is 1.59. The summed E-state index contributed by atoms with van der Waals surface area (Å²) in [4.78, 5) is 4.08. The Morgan fingerprint density at radius 2 is 1.87 bits per heavy atom. The van der Waals surface area contributed by atoms with E-state index >= 15 is 0 Å². The van der Waals surface area contributed by atoms with Gasteiger partial charge in [0, 0.05) is 18.4 Å². The topological polar surface area (TPSA) is 38.9 Å². The van der Waals surface area contributed by atoms with Gasteiger partial charge in [-0.25, -0.2) is 0 Å². The monoisotopic (exact) mass is 198 g/mol. The van der Waals surface area contributed by atoms with Crippen LogP contribution < -0.4 is 5.73 Å². The molecule has 0 amide bonds. The third-order valence-electron chi connectivity index (χ3n) is 2.41. The second-order valence-corrected chi connectivity index (χ2v) is 3.58. The van der Waals surface area contributed by atoms with E-state index < -0.39 is 0 Å². The Morgan fingerprint density at radius 3 is 2.53 bits per heavy atom. The number of pyridine rings is 1. The fourth-order valence-corrected chi connectivity index (χ4v) is 1.59. The van der Waals surface area contributed by atoms with Crippen molar-refractivity contribution >= 4 is 0 Å². The second-order valence-electron chi connectivity index (χ2n) is 3.58. The highest BCUT2D eigenvalue weighted by atomic mass is 14.6. The Kier molecular flexibility index (Phi) is 3.10. The molecule has 1 unspecified atom stereocenters. The SMILES string of the molecule is NC(Cc1cccnc1)c1ccccc1. The van der Waals surface area contributed by atoms with E-state index in [0.29, 0.717) is 0 Å². The molecular weight excluding hydrogens is 184 g/mol. The van der Waals surface area contributed by atoms with Gasteiger partial charge >= 0.3 is 0 Å². The summed E-state index contributed by atoms with van der Waals surface area (Å²) in [6.45, 7) is 0. The molecule has 0 aliphatic rings. The van der Waals surface area contributed by atoms with Gasteiger partial charge in [-0.15, -0.1) is 0 Å². The highest BCUT2D eigenvalue weighted by Gasteiger charge is 2.05. The summed E-state index contributed by atoms with van der Waals surface area (Å²) in [5.74, 6) is 0. The lowest BCUT2D eigenvalue weighted by molar-refractivity contribution is 0.720. The molecule has 76 valence electrons. The molecule has 1 atom stereocenters. The Labute approximate surface area is 89.8 Å². The molecular formula is C13H14N2. The summed E-state index contributed by atoms with van der Waals surface area (Å²) in [6, 6.07) is 14.2. The van der Waals surface area contributed by atoms with Crippen LogP contribution in [0.2, 0.25) is 0 Å². The molecule has 0 fully saturated rings. The Hall–Kier alpha value is -1.67. The molecule has 1 aromatic carbocycles. The first-order valence-electron chi connectivity index (χ1n) is 5.05. The van der Waals surface area contributed by atoms with Crippen LogP contribution in [0.5, 0.6) is 0 Å². The Balaban J connectivity index is 2.08. The first kappa shape index (κ1) is 9.87. The van der Waals surface area contributed by atoms with Crippen LogP contribution >= 0.6 is 0 Å². The van der Waals surface area contributed by atoms with Crippen molar-refractivity contribution in [3.8, 4) is 0 Å². The summed E-state index contributed by atoms with van der Waals surface area (Å²) in [5, 5.41) is 0. The van der Waals surface area contributed by atoms with Crippen LogP contribution in [-0.4, -0.2) is 4.98 Å². The number of rotatable bonds is 3. The molecule has 0 saturated carbocycles. The molecule has 2 nitrogen and oxygen atoms in total. The fraction of sp³-hybridized carbons (Fsp3) is 0.154. The summed E-state index contributed by atoms with van der Waals surface area (Å²) in [6.07, 6.45) is 4.47. The van der Waals surface area contributed by atoms with Crippen molar-refractivity contribution in [2.24, 2.45) is 5.73 Å². The number of nitrogens with zero attached hydrogens (tertiary/aromatic N) is 1. The van der Waals surface area contributed by atoms with E-state index in [1.165, 1.54) is 11.1 Å².